The molecule has 4 nitrogen and oxygen atoms in total. The van der Waals surface area contributed by atoms with Crippen molar-refractivity contribution in [1.82, 2.24) is 0 Å². The van der Waals surface area contributed by atoms with Crippen LogP contribution in [0.4, 0.5) is 0 Å². The van der Waals surface area contributed by atoms with Gasteiger partial charge in [0.2, 0.25) is 6.29 Å². The van der Waals surface area contributed by atoms with E-state index in [0.717, 1.165) is 0 Å². The van der Waals surface area contributed by atoms with Gasteiger partial charge in [0.15, 0.2) is 5.76 Å². The van der Waals surface area contributed by atoms with Crippen LogP contribution in [-0.2, 0) is 19.0 Å². The van der Waals surface area contributed by atoms with Crippen LogP contribution in [0.25, 0.3) is 0 Å². The average Bonchev–Trinajstić information content (AvgIpc) is 2.08. The number of hydrogen-bond acceptors (Lipinski definition) is 4. The summed E-state index contributed by atoms with van der Waals surface area (Å²) in [6, 6.07) is 0. The summed E-state index contributed by atoms with van der Waals surface area (Å²) < 4.78 is 14.8. The van der Waals surface area contributed by atoms with E-state index < -0.39 is 6.29 Å². The highest BCUT2D eigenvalue weighted by Crippen LogP contribution is 2.16. The highest BCUT2D eigenvalue weighted by molar-refractivity contribution is 5.96. The zero-order valence-electron chi connectivity index (χ0n) is 7.37. The molecule has 0 fully saturated rings. The molecular weight excluding hydrogens is 160 g/mol. The lowest BCUT2D eigenvalue weighted by Crippen LogP contribution is -2.35. The van der Waals surface area contributed by atoms with Crippen molar-refractivity contribution < 1.29 is 19.0 Å². The summed E-state index contributed by atoms with van der Waals surface area (Å²) in [7, 11) is 2.88. The van der Waals surface area contributed by atoms with E-state index >= 15 is 0 Å². The molecule has 0 aromatic heterocycles. The first-order chi connectivity index (χ1) is 5.69. The molecule has 1 heterocycles. The number of ether oxygens (including phenoxy) is 3. The van der Waals surface area contributed by atoms with Crippen LogP contribution in [0.2, 0.25) is 0 Å². The standard InChI is InChI=1S/C8H12O4/c1-5-4-6(10-2)7(9)8(11-3)12-5/h4-5,8H,1-3H3/t5-,8+/m1/s1. The number of carbonyl (C=O) groups excluding carboxylic acids is 1. The van der Waals surface area contributed by atoms with Gasteiger partial charge in [0.25, 0.3) is 5.78 Å². The normalized spacial score (nSPS) is 29.9. The molecule has 4 heteroatoms. The average molecular weight is 172 g/mol. The van der Waals surface area contributed by atoms with Gasteiger partial charge in [0.1, 0.15) is 0 Å². The van der Waals surface area contributed by atoms with Gasteiger partial charge in [-0.1, -0.05) is 0 Å². The van der Waals surface area contributed by atoms with E-state index in [-0.39, 0.29) is 11.9 Å². The third-order valence-corrected chi connectivity index (χ3v) is 1.62. The summed E-state index contributed by atoms with van der Waals surface area (Å²) >= 11 is 0. The van der Waals surface area contributed by atoms with Gasteiger partial charge in [0, 0.05) is 7.11 Å². The monoisotopic (exact) mass is 172 g/mol. The Kier molecular flexibility index (Phi) is 2.83. The van der Waals surface area contributed by atoms with E-state index in [1.54, 1.807) is 6.08 Å². The molecule has 0 spiro atoms. The lowest BCUT2D eigenvalue weighted by molar-refractivity contribution is -0.172. The van der Waals surface area contributed by atoms with Gasteiger partial charge in [-0.15, -0.1) is 0 Å². The smallest absolute Gasteiger partial charge is 0.252 e. The maximum atomic E-state index is 11.3. The van der Waals surface area contributed by atoms with Crippen molar-refractivity contribution in [2.24, 2.45) is 0 Å². The molecule has 0 bridgehead atoms. The minimum absolute atomic E-state index is 0.150. The lowest BCUT2D eigenvalue weighted by Gasteiger charge is -2.23. The van der Waals surface area contributed by atoms with E-state index in [2.05, 4.69) is 0 Å². The molecular formula is C8H12O4. The first-order valence-corrected chi connectivity index (χ1v) is 3.67. The van der Waals surface area contributed by atoms with Gasteiger partial charge in [-0.3, -0.25) is 4.79 Å². The van der Waals surface area contributed by atoms with Crippen LogP contribution < -0.4 is 0 Å². The highest BCUT2D eigenvalue weighted by atomic mass is 16.7. The summed E-state index contributed by atoms with van der Waals surface area (Å²) in [5.74, 6) is 0.0405. The van der Waals surface area contributed by atoms with Crippen molar-refractivity contribution in [2.75, 3.05) is 14.2 Å². The molecule has 0 saturated heterocycles. The Morgan fingerprint density at radius 2 is 2.17 bits per heavy atom. The molecule has 0 saturated carbocycles. The van der Waals surface area contributed by atoms with Crippen LogP contribution in [0.1, 0.15) is 6.92 Å². The van der Waals surface area contributed by atoms with Crippen LogP contribution >= 0.6 is 0 Å². The van der Waals surface area contributed by atoms with Crippen molar-refractivity contribution in [3.63, 3.8) is 0 Å². The fraction of sp³-hybridized carbons (Fsp3) is 0.625. The molecule has 0 aromatic carbocycles. The van der Waals surface area contributed by atoms with Gasteiger partial charge in [-0.2, -0.15) is 0 Å². The Hall–Kier alpha value is -0.870. The molecule has 1 aliphatic rings. The van der Waals surface area contributed by atoms with Gasteiger partial charge in [0.05, 0.1) is 13.2 Å². The third kappa shape index (κ3) is 1.65. The first kappa shape index (κ1) is 9.22. The molecule has 0 unspecified atom stereocenters. The SMILES string of the molecule is COC1=C[C@@H](C)O[C@H](OC)C1=O. The predicted molar refractivity (Wildman–Crippen MR) is 41.4 cm³/mol. The Morgan fingerprint density at radius 1 is 1.50 bits per heavy atom. The summed E-state index contributed by atoms with van der Waals surface area (Å²) in [6.45, 7) is 1.82. The number of hydrogen-bond donors (Lipinski definition) is 0. The molecule has 0 aliphatic carbocycles. The molecule has 0 amide bonds. The fourth-order valence-corrected chi connectivity index (χ4v) is 1.04. The maximum absolute atomic E-state index is 11.3. The Labute approximate surface area is 71.1 Å². The summed E-state index contributed by atoms with van der Waals surface area (Å²) in [4.78, 5) is 11.3. The van der Waals surface area contributed by atoms with Crippen LogP contribution in [0.3, 0.4) is 0 Å². The summed E-state index contributed by atoms with van der Waals surface area (Å²) in [5, 5.41) is 0. The van der Waals surface area contributed by atoms with Crippen molar-refractivity contribution in [3.05, 3.63) is 11.8 Å². The van der Waals surface area contributed by atoms with Crippen molar-refractivity contribution in [1.29, 1.82) is 0 Å². The second-order valence-corrected chi connectivity index (χ2v) is 2.51. The lowest BCUT2D eigenvalue weighted by atomic mass is 10.2. The summed E-state index contributed by atoms with van der Waals surface area (Å²) in [6.07, 6.45) is 0.653. The van der Waals surface area contributed by atoms with Crippen molar-refractivity contribution in [3.8, 4) is 0 Å². The Balaban J connectivity index is 2.79. The van der Waals surface area contributed by atoms with Gasteiger partial charge >= 0.3 is 0 Å². The topological polar surface area (TPSA) is 44.8 Å². The minimum Gasteiger partial charge on any atom is -0.493 e. The Bertz CT molecular complexity index is 209. The number of carbonyl (C=O) groups is 1. The molecule has 0 N–H and O–H groups in total. The van der Waals surface area contributed by atoms with Gasteiger partial charge in [-0.25, -0.2) is 0 Å². The molecule has 12 heavy (non-hydrogen) atoms. The maximum Gasteiger partial charge on any atom is 0.252 e. The third-order valence-electron chi connectivity index (χ3n) is 1.62. The number of ketones is 1. The van der Waals surface area contributed by atoms with Crippen molar-refractivity contribution in [2.45, 2.75) is 19.3 Å². The number of rotatable bonds is 2. The van der Waals surface area contributed by atoms with Gasteiger partial charge in [-0.05, 0) is 13.0 Å². The zero-order chi connectivity index (χ0) is 9.14. The van der Waals surface area contributed by atoms with E-state index in [1.807, 2.05) is 6.92 Å². The highest BCUT2D eigenvalue weighted by Gasteiger charge is 2.29. The minimum atomic E-state index is -0.819. The molecule has 1 rings (SSSR count). The van der Waals surface area contributed by atoms with E-state index in [1.165, 1.54) is 14.2 Å². The van der Waals surface area contributed by atoms with Gasteiger partial charge < -0.3 is 14.2 Å². The quantitative estimate of drug-likeness (QED) is 0.607. The largest absolute Gasteiger partial charge is 0.493 e. The second kappa shape index (κ2) is 3.69. The summed E-state index contributed by atoms with van der Waals surface area (Å²) in [5.41, 5.74) is 0. The van der Waals surface area contributed by atoms with E-state index in [9.17, 15) is 4.79 Å². The number of Topliss-reactive ketones (excluding diaryl/α,β-unsaturated/α-hetero) is 1. The first-order valence-electron chi connectivity index (χ1n) is 3.67. The molecule has 2 atom stereocenters. The Morgan fingerprint density at radius 3 is 2.67 bits per heavy atom. The van der Waals surface area contributed by atoms with Crippen LogP contribution in [0, 0.1) is 0 Å². The van der Waals surface area contributed by atoms with Crippen LogP contribution in [0.5, 0.6) is 0 Å². The second-order valence-electron chi connectivity index (χ2n) is 2.51. The molecule has 68 valence electrons. The van der Waals surface area contributed by atoms with Crippen LogP contribution in [0.15, 0.2) is 11.8 Å². The molecule has 0 radical (unpaired) electrons. The van der Waals surface area contributed by atoms with Crippen molar-refractivity contribution >= 4 is 5.78 Å². The molecule has 0 aromatic rings. The molecule has 1 aliphatic heterocycles. The van der Waals surface area contributed by atoms with Crippen LogP contribution in [-0.4, -0.2) is 32.4 Å². The zero-order valence-corrected chi connectivity index (χ0v) is 7.37. The number of methoxy groups -OCH3 is 2. The predicted octanol–water partition coefficient (Wildman–Crippen LogP) is 0.477. The fourth-order valence-electron chi connectivity index (χ4n) is 1.04. The van der Waals surface area contributed by atoms with E-state index in [4.69, 9.17) is 14.2 Å². The van der Waals surface area contributed by atoms with E-state index in [0.29, 0.717) is 5.76 Å².